The lowest BCUT2D eigenvalue weighted by Crippen LogP contribution is -2.34. The predicted octanol–water partition coefficient (Wildman–Crippen LogP) is 1.74. The largest absolute Gasteiger partial charge is 0.366 e. The number of nitrogens with one attached hydrogen (secondary N) is 2. The van der Waals surface area contributed by atoms with Crippen LogP contribution in [0.3, 0.4) is 0 Å². The first-order valence-electron chi connectivity index (χ1n) is 7.15. The van der Waals surface area contributed by atoms with Gasteiger partial charge in [-0.3, -0.25) is 14.4 Å². The molecule has 4 N–H and O–H groups in total. The molecular weight excluding hydrogens is 330 g/mol. The Balaban J connectivity index is 1.91. The number of rotatable bonds is 6. The predicted molar refractivity (Wildman–Crippen MR) is 91.8 cm³/mol. The molecule has 0 fully saturated rings. The van der Waals surface area contributed by atoms with E-state index in [1.807, 2.05) is 30.3 Å². The zero-order chi connectivity index (χ0) is 17.5. The summed E-state index contributed by atoms with van der Waals surface area (Å²) in [4.78, 5) is 35.1. The highest BCUT2D eigenvalue weighted by Gasteiger charge is 2.12. The maximum absolute atomic E-state index is 11.9. The van der Waals surface area contributed by atoms with Gasteiger partial charge in [0.25, 0.3) is 5.91 Å². The second-order valence-corrected chi connectivity index (χ2v) is 5.48. The number of primary amides is 1. The zero-order valence-corrected chi connectivity index (χ0v) is 13.5. The van der Waals surface area contributed by atoms with E-state index in [1.165, 1.54) is 18.2 Å². The highest BCUT2D eigenvalue weighted by atomic mass is 35.5. The monoisotopic (exact) mass is 345 g/mol. The topological polar surface area (TPSA) is 101 Å². The minimum atomic E-state index is -0.685. The smallest absolute Gasteiger partial charge is 0.250 e. The van der Waals surface area contributed by atoms with E-state index in [4.69, 9.17) is 17.3 Å². The second-order valence-electron chi connectivity index (χ2n) is 5.04. The number of nitrogens with two attached hydrogens (primary N) is 1. The summed E-state index contributed by atoms with van der Waals surface area (Å²) in [5.41, 5.74) is 6.44. The fraction of sp³-hybridized carbons (Fsp3) is 0.118. The lowest BCUT2D eigenvalue weighted by atomic mass is 10.1. The molecule has 6 nitrogen and oxygen atoms in total. The van der Waals surface area contributed by atoms with Gasteiger partial charge in [0.05, 0.1) is 24.2 Å². The van der Waals surface area contributed by atoms with Gasteiger partial charge in [-0.05, 0) is 23.8 Å². The molecule has 24 heavy (non-hydrogen) atoms. The first-order chi connectivity index (χ1) is 11.5. The van der Waals surface area contributed by atoms with E-state index in [0.717, 1.165) is 5.56 Å². The lowest BCUT2D eigenvalue weighted by Gasteiger charge is -2.10. The molecule has 0 aliphatic heterocycles. The molecular formula is C17H16ClN3O3. The molecule has 0 saturated heterocycles. The number of anilines is 1. The van der Waals surface area contributed by atoms with Gasteiger partial charge in [0.15, 0.2) is 0 Å². The molecule has 0 aliphatic rings. The molecule has 7 heteroatoms. The lowest BCUT2D eigenvalue weighted by molar-refractivity contribution is -0.123. The Morgan fingerprint density at radius 1 is 1.00 bits per heavy atom. The molecule has 0 aliphatic carbocycles. The van der Waals surface area contributed by atoms with E-state index in [0.29, 0.717) is 5.02 Å². The quantitative estimate of drug-likeness (QED) is 0.743. The molecule has 3 amide bonds. The number of carbonyl (C=O) groups excluding carboxylic acids is 3. The standard InChI is InChI=1S/C17H16ClN3O3/c18-12-6-7-13(17(19)24)14(9-12)21-16(23)10-20-15(22)8-11-4-2-1-3-5-11/h1-7,9H,8,10H2,(H2,19,24)(H,20,22)(H,21,23). The molecule has 0 radical (unpaired) electrons. The van der Waals surface area contributed by atoms with Crippen molar-refractivity contribution in [1.82, 2.24) is 5.32 Å². The zero-order valence-electron chi connectivity index (χ0n) is 12.7. The molecule has 0 spiro atoms. The third-order valence-corrected chi connectivity index (χ3v) is 3.41. The van der Waals surface area contributed by atoms with Gasteiger partial charge in [-0.2, -0.15) is 0 Å². The molecule has 0 unspecified atom stereocenters. The molecule has 0 heterocycles. The van der Waals surface area contributed by atoms with Gasteiger partial charge >= 0.3 is 0 Å². The van der Waals surface area contributed by atoms with Crippen molar-refractivity contribution < 1.29 is 14.4 Å². The maximum Gasteiger partial charge on any atom is 0.250 e. The average Bonchev–Trinajstić information content (AvgIpc) is 2.53. The van der Waals surface area contributed by atoms with Crippen LogP contribution in [0.25, 0.3) is 0 Å². The molecule has 2 aromatic rings. The van der Waals surface area contributed by atoms with Crippen molar-refractivity contribution >= 4 is 35.0 Å². The van der Waals surface area contributed by atoms with Gasteiger partial charge in [0, 0.05) is 5.02 Å². The number of benzene rings is 2. The number of amides is 3. The Labute approximate surface area is 144 Å². The van der Waals surface area contributed by atoms with Crippen molar-refractivity contribution in [2.24, 2.45) is 5.73 Å². The minimum Gasteiger partial charge on any atom is -0.366 e. The van der Waals surface area contributed by atoms with E-state index < -0.39 is 11.8 Å². The van der Waals surface area contributed by atoms with Crippen molar-refractivity contribution in [3.05, 3.63) is 64.7 Å². The summed E-state index contributed by atoms with van der Waals surface area (Å²) in [5, 5.41) is 5.38. The van der Waals surface area contributed by atoms with Gasteiger partial charge in [0.1, 0.15) is 0 Å². The van der Waals surface area contributed by atoms with Crippen LogP contribution in [-0.4, -0.2) is 24.3 Å². The van der Waals surface area contributed by atoms with Crippen LogP contribution in [0.15, 0.2) is 48.5 Å². The Kier molecular flexibility index (Phi) is 5.92. The summed E-state index contributed by atoms with van der Waals surface area (Å²) in [6.07, 6.45) is 0.178. The molecule has 0 saturated carbocycles. The van der Waals surface area contributed by atoms with E-state index >= 15 is 0 Å². The number of hydrogen-bond donors (Lipinski definition) is 3. The van der Waals surface area contributed by atoms with Gasteiger partial charge in [-0.15, -0.1) is 0 Å². The van der Waals surface area contributed by atoms with Crippen molar-refractivity contribution in [1.29, 1.82) is 0 Å². The van der Waals surface area contributed by atoms with Crippen LogP contribution in [0.4, 0.5) is 5.69 Å². The van der Waals surface area contributed by atoms with Crippen molar-refractivity contribution in [2.75, 3.05) is 11.9 Å². The summed E-state index contributed by atoms with van der Waals surface area (Å²) in [5.74, 6) is -1.45. The Bertz CT molecular complexity index is 763. The third kappa shape index (κ3) is 5.10. The summed E-state index contributed by atoms with van der Waals surface area (Å²) >= 11 is 5.85. The molecule has 0 bridgehead atoms. The Morgan fingerprint density at radius 2 is 1.71 bits per heavy atom. The SMILES string of the molecule is NC(=O)c1ccc(Cl)cc1NC(=O)CNC(=O)Cc1ccccc1. The first kappa shape index (κ1) is 17.5. The van der Waals surface area contributed by atoms with Crippen LogP contribution < -0.4 is 16.4 Å². The summed E-state index contributed by atoms with van der Waals surface area (Å²) in [6.45, 7) is -0.226. The van der Waals surface area contributed by atoms with Crippen LogP contribution in [0.2, 0.25) is 5.02 Å². The highest BCUT2D eigenvalue weighted by molar-refractivity contribution is 6.31. The molecule has 2 aromatic carbocycles. The fourth-order valence-electron chi connectivity index (χ4n) is 2.05. The van der Waals surface area contributed by atoms with Gasteiger partial charge in [-0.25, -0.2) is 0 Å². The molecule has 2 rings (SSSR count). The summed E-state index contributed by atoms with van der Waals surface area (Å²) in [7, 11) is 0. The van der Waals surface area contributed by atoms with E-state index in [1.54, 1.807) is 0 Å². The fourth-order valence-corrected chi connectivity index (χ4v) is 2.22. The van der Waals surface area contributed by atoms with Gasteiger partial charge < -0.3 is 16.4 Å². The van der Waals surface area contributed by atoms with Crippen LogP contribution in [0, 0.1) is 0 Å². The molecule has 124 valence electrons. The first-order valence-corrected chi connectivity index (χ1v) is 7.53. The second kappa shape index (κ2) is 8.12. The summed E-state index contributed by atoms with van der Waals surface area (Å²) in [6, 6.07) is 13.5. The van der Waals surface area contributed by atoms with E-state index in [2.05, 4.69) is 10.6 Å². The number of hydrogen-bond acceptors (Lipinski definition) is 3. The van der Waals surface area contributed by atoms with E-state index in [-0.39, 0.29) is 30.1 Å². The average molecular weight is 346 g/mol. The third-order valence-electron chi connectivity index (χ3n) is 3.17. The van der Waals surface area contributed by atoms with Crippen LogP contribution >= 0.6 is 11.6 Å². The Hall–Kier alpha value is -2.86. The minimum absolute atomic E-state index is 0.142. The van der Waals surface area contributed by atoms with Crippen molar-refractivity contribution in [3.63, 3.8) is 0 Å². The normalized spacial score (nSPS) is 10.0. The summed E-state index contributed by atoms with van der Waals surface area (Å²) < 4.78 is 0. The van der Waals surface area contributed by atoms with Crippen LogP contribution in [-0.2, 0) is 16.0 Å². The maximum atomic E-state index is 11.9. The number of carbonyl (C=O) groups is 3. The highest BCUT2D eigenvalue weighted by Crippen LogP contribution is 2.20. The van der Waals surface area contributed by atoms with Gasteiger partial charge in [0.2, 0.25) is 11.8 Å². The van der Waals surface area contributed by atoms with E-state index in [9.17, 15) is 14.4 Å². The van der Waals surface area contributed by atoms with Gasteiger partial charge in [-0.1, -0.05) is 41.9 Å². The van der Waals surface area contributed by atoms with Crippen LogP contribution in [0.1, 0.15) is 15.9 Å². The Morgan fingerprint density at radius 3 is 2.38 bits per heavy atom. The molecule has 0 aromatic heterocycles. The van der Waals surface area contributed by atoms with Crippen molar-refractivity contribution in [2.45, 2.75) is 6.42 Å². The molecule has 0 atom stereocenters. The number of halogens is 1. The van der Waals surface area contributed by atoms with Crippen molar-refractivity contribution in [3.8, 4) is 0 Å². The van der Waals surface area contributed by atoms with Crippen LogP contribution in [0.5, 0.6) is 0 Å².